The van der Waals surface area contributed by atoms with Gasteiger partial charge in [-0.1, -0.05) is 19.1 Å². The lowest BCUT2D eigenvalue weighted by Gasteiger charge is -2.12. The smallest absolute Gasteiger partial charge is 0.230 e. The maximum Gasteiger partial charge on any atom is 0.230 e. The van der Waals surface area contributed by atoms with Crippen molar-refractivity contribution < 1.29 is 4.74 Å². The number of aromatic nitrogens is 1. The van der Waals surface area contributed by atoms with E-state index < -0.39 is 0 Å². The molecule has 0 saturated heterocycles. The second-order valence-corrected chi connectivity index (χ2v) is 4.77. The van der Waals surface area contributed by atoms with Crippen molar-refractivity contribution in [3.63, 3.8) is 0 Å². The number of rotatable bonds is 4. The molecule has 20 heavy (non-hydrogen) atoms. The summed E-state index contributed by atoms with van der Waals surface area (Å²) in [5.74, 6) is 1.05. The predicted molar refractivity (Wildman–Crippen MR) is 80.6 cm³/mol. The third kappa shape index (κ3) is 2.96. The van der Waals surface area contributed by atoms with E-state index in [1.165, 1.54) is 5.56 Å². The largest absolute Gasteiger partial charge is 0.438 e. The normalized spacial score (nSPS) is 10.3. The lowest BCUT2D eigenvalue weighted by atomic mass is 10.1. The predicted octanol–water partition coefficient (Wildman–Crippen LogP) is 3.34. The summed E-state index contributed by atoms with van der Waals surface area (Å²) in [5, 5.41) is 7.68. The van der Waals surface area contributed by atoms with Crippen LogP contribution < -0.4 is 10.5 Å². The summed E-state index contributed by atoms with van der Waals surface area (Å²) in [7, 11) is 0. The van der Waals surface area contributed by atoms with E-state index in [1.54, 1.807) is 0 Å². The number of nitrogens with zero attached hydrogens (tertiary/aromatic N) is 1. The van der Waals surface area contributed by atoms with Crippen LogP contribution in [-0.4, -0.2) is 10.8 Å². The lowest BCUT2D eigenvalue weighted by molar-refractivity contribution is 0.459. The van der Waals surface area contributed by atoms with Crippen LogP contribution in [0.15, 0.2) is 30.3 Å². The summed E-state index contributed by atoms with van der Waals surface area (Å²) in [4.78, 5) is 4.35. The highest BCUT2D eigenvalue weighted by Crippen LogP contribution is 2.26. The average molecular weight is 269 g/mol. The minimum atomic E-state index is -0.0322. The van der Waals surface area contributed by atoms with Gasteiger partial charge in [0.05, 0.1) is 5.56 Å². The van der Waals surface area contributed by atoms with E-state index in [2.05, 4.69) is 11.9 Å². The van der Waals surface area contributed by atoms with Gasteiger partial charge in [0.15, 0.2) is 0 Å². The van der Waals surface area contributed by atoms with Crippen LogP contribution >= 0.6 is 0 Å². The number of ether oxygens (including phenoxy) is 1. The molecule has 0 aliphatic heterocycles. The monoisotopic (exact) mass is 269 g/mol. The Morgan fingerprint density at radius 2 is 1.90 bits per heavy atom. The minimum Gasteiger partial charge on any atom is -0.438 e. The maximum atomic E-state index is 7.68. The van der Waals surface area contributed by atoms with Crippen LogP contribution in [0.4, 0.5) is 0 Å². The summed E-state index contributed by atoms with van der Waals surface area (Å²) in [6.45, 7) is 5.90. The van der Waals surface area contributed by atoms with E-state index >= 15 is 0 Å². The van der Waals surface area contributed by atoms with Crippen LogP contribution in [0.2, 0.25) is 0 Å². The van der Waals surface area contributed by atoms with Crippen LogP contribution in [0.25, 0.3) is 0 Å². The zero-order valence-corrected chi connectivity index (χ0v) is 12.0. The first-order valence-electron chi connectivity index (χ1n) is 6.60. The van der Waals surface area contributed by atoms with Crippen LogP contribution in [0.1, 0.15) is 29.3 Å². The van der Waals surface area contributed by atoms with Gasteiger partial charge in [0.2, 0.25) is 5.88 Å². The van der Waals surface area contributed by atoms with Crippen molar-refractivity contribution >= 4 is 5.84 Å². The Hall–Kier alpha value is -2.36. The van der Waals surface area contributed by atoms with Gasteiger partial charge < -0.3 is 10.5 Å². The lowest BCUT2D eigenvalue weighted by Crippen LogP contribution is -2.15. The first kappa shape index (κ1) is 14.1. The van der Waals surface area contributed by atoms with Gasteiger partial charge in [0, 0.05) is 5.69 Å². The van der Waals surface area contributed by atoms with Gasteiger partial charge in [0.25, 0.3) is 0 Å². The molecule has 0 aliphatic carbocycles. The first-order chi connectivity index (χ1) is 9.51. The summed E-state index contributed by atoms with van der Waals surface area (Å²) in [6.07, 6.45) is 0.987. The number of pyridine rings is 1. The molecule has 3 N–H and O–H groups in total. The maximum absolute atomic E-state index is 7.68. The highest BCUT2D eigenvalue weighted by Gasteiger charge is 2.13. The third-order valence-corrected chi connectivity index (χ3v) is 3.13. The SMILES string of the molecule is CCc1ccc(Oc2nc(C)cc(C)c2C(=N)N)cc1. The molecule has 0 radical (unpaired) electrons. The van der Waals surface area contributed by atoms with E-state index in [-0.39, 0.29) is 5.84 Å². The molecular formula is C16H19N3O. The Kier molecular flexibility index (Phi) is 4.03. The van der Waals surface area contributed by atoms with Gasteiger partial charge in [-0.2, -0.15) is 0 Å². The molecule has 0 atom stereocenters. The van der Waals surface area contributed by atoms with Crippen molar-refractivity contribution in [3.8, 4) is 11.6 Å². The van der Waals surface area contributed by atoms with Gasteiger partial charge in [0.1, 0.15) is 11.6 Å². The second kappa shape index (κ2) is 5.74. The number of amidine groups is 1. The summed E-state index contributed by atoms with van der Waals surface area (Å²) >= 11 is 0. The van der Waals surface area contributed by atoms with Crippen molar-refractivity contribution in [1.29, 1.82) is 5.41 Å². The highest BCUT2D eigenvalue weighted by atomic mass is 16.5. The minimum absolute atomic E-state index is 0.0322. The fourth-order valence-electron chi connectivity index (χ4n) is 2.11. The molecule has 0 amide bonds. The molecule has 0 unspecified atom stereocenters. The molecule has 4 heteroatoms. The number of nitrogens with two attached hydrogens (primary N) is 1. The number of nitrogen functional groups attached to an aromatic ring is 1. The molecule has 4 nitrogen and oxygen atoms in total. The molecule has 0 saturated carbocycles. The van der Waals surface area contributed by atoms with Crippen LogP contribution in [0.5, 0.6) is 11.6 Å². The summed E-state index contributed by atoms with van der Waals surface area (Å²) in [6, 6.07) is 9.74. The van der Waals surface area contributed by atoms with Crippen molar-refractivity contribution in [3.05, 3.63) is 52.7 Å². The van der Waals surface area contributed by atoms with Crippen LogP contribution in [0, 0.1) is 19.3 Å². The Balaban J connectivity index is 2.39. The molecule has 0 bridgehead atoms. The van der Waals surface area contributed by atoms with Gasteiger partial charge in [-0.25, -0.2) is 4.98 Å². The molecule has 0 fully saturated rings. The van der Waals surface area contributed by atoms with Crippen molar-refractivity contribution in [1.82, 2.24) is 4.98 Å². The molecule has 1 aromatic heterocycles. The summed E-state index contributed by atoms with van der Waals surface area (Å²) in [5.41, 5.74) is 9.16. The molecule has 2 rings (SSSR count). The second-order valence-electron chi connectivity index (χ2n) is 4.77. The van der Waals surface area contributed by atoms with E-state index in [1.807, 2.05) is 44.2 Å². The van der Waals surface area contributed by atoms with Crippen LogP contribution in [-0.2, 0) is 6.42 Å². The van der Waals surface area contributed by atoms with E-state index in [4.69, 9.17) is 15.9 Å². The number of hydrogen-bond donors (Lipinski definition) is 2. The van der Waals surface area contributed by atoms with Crippen molar-refractivity contribution in [2.75, 3.05) is 0 Å². The number of benzene rings is 1. The Bertz CT molecular complexity index is 633. The van der Waals surface area contributed by atoms with Gasteiger partial charge in [-0.3, -0.25) is 5.41 Å². The number of aryl methyl sites for hydroxylation is 3. The molecule has 2 aromatic rings. The standard InChI is InChI=1S/C16H19N3O/c1-4-12-5-7-13(8-6-12)20-16-14(15(17)18)10(2)9-11(3)19-16/h5-9H,4H2,1-3H3,(H3,17,18). The topological polar surface area (TPSA) is 72.0 Å². The Morgan fingerprint density at radius 1 is 1.25 bits per heavy atom. The molecule has 104 valence electrons. The average Bonchev–Trinajstić information content (AvgIpc) is 2.38. The Morgan fingerprint density at radius 3 is 2.45 bits per heavy atom. The van der Waals surface area contributed by atoms with Gasteiger partial charge >= 0.3 is 0 Å². The zero-order valence-electron chi connectivity index (χ0n) is 12.0. The molecule has 1 aromatic carbocycles. The van der Waals surface area contributed by atoms with E-state index in [9.17, 15) is 0 Å². The Labute approximate surface area is 119 Å². The van der Waals surface area contributed by atoms with Gasteiger partial charge in [-0.15, -0.1) is 0 Å². The summed E-state index contributed by atoms with van der Waals surface area (Å²) < 4.78 is 5.80. The molecule has 0 aliphatic rings. The number of hydrogen-bond acceptors (Lipinski definition) is 3. The fourth-order valence-corrected chi connectivity index (χ4v) is 2.11. The molecular weight excluding hydrogens is 250 g/mol. The zero-order chi connectivity index (χ0) is 14.7. The van der Waals surface area contributed by atoms with E-state index in [0.717, 1.165) is 17.7 Å². The van der Waals surface area contributed by atoms with Gasteiger partial charge in [-0.05, 0) is 49.6 Å². The van der Waals surface area contributed by atoms with Crippen molar-refractivity contribution in [2.24, 2.45) is 5.73 Å². The molecule has 0 spiro atoms. The van der Waals surface area contributed by atoms with Crippen LogP contribution in [0.3, 0.4) is 0 Å². The fraction of sp³-hybridized carbons (Fsp3) is 0.250. The quantitative estimate of drug-likeness (QED) is 0.660. The highest BCUT2D eigenvalue weighted by molar-refractivity contribution is 5.98. The first-order valence-corrected chi connectivity index (χ1v) is 6.60. The number of nitrogens with one attached hydrogen (secondary N) is 1. The van der Waals surface area contributed by atoms with Crippen molar-refractivity contribution in [2.45, 2.75) is 27.2 Å². The van der Waals surface area contributed by atoms with E-state index in [0.29, 0.717) is 17.2 Å². The third-order valence-electron chi connectivity index (χ3n) is 3.13. The molecule has 1 heterocycles.